The quantitative estimate of drug-likeness (QED) is 0.167. The molecule has 8 aromatic carbocycles. The van der Waals surface area contributed by atoms with E-state index < -0.39 is 0 Å². The summed E-state index contributed by atoms with van der Waals surface area (Å²) in [5.74, 6) is 1.29. The highest BCUT2D eigenvalue weighted by molar-refractivity contribution is 6.12. The van der Waals surface area contributed by atoms with Crippen molar-refractivity contribution in [2.24, 2.45) is 5.92 Å². The molecule has 13 rings (SSSR count). The van der Waals surface area contributed by atoms with Gasteiger partial charge in [0, 0.05) is 50.0 Å². The van der Waals surface area contributed by atoms with Crippen molar-refractivity contribution in [2.45, 2.75) is 25.2 Å². The van der Waals surface area contributed by atoms with Gasteiger partial charge in [0.25, 0.3) is 0 Å². The van der Waals surface area contributed by atoms with Crippen LogP contribution in [0.5, 0.6) is 0 Å². The van der Waals surface area contributed by atoms with E-state index in [0.29, 0.717) is 0 Å². The third-order valence-corrected chi connectivity index (χ3v) is 14.2. The summed E-state index contributed by atoms with van der Waals surface area (Å²) in [6.07, 6.45) is 7.18. The van der Waals surface area contributed by atoms with Crippen molar-refractivity contribution in [1.29, 1.82) is 0 Å². The average Bonchev–Trinajstić information content (AvgIpc) is 3.96. The van der Waals surface area contributed by atoms with Gasteiger partial charge in [-0.1, -0.05) is 166 Å². The number of benzene rings is 8. The first kappa shape index (κ1) is 37.5. The molecule has 0 saturated heterocycles. The van der Waals surface area contributed by atoms with Crippen LogP contribution < -0.4 is 0 Å². The molecule has 4 heteroatoms. The first-order chi connectivity index (χ1) is 32.0. The van der Waals surface area contributed by atoms with Gasteiger partial charge in [0.1, 0.15) is 0 Å². The molecule has 11 aromatic rings. The van der Waals surface area contributed by atoms with Crippen molar-refractivity contribution in [3.05, 3.63) is 235 Å². The zero-order valence-electron chi connectivity index (χ0n) is 36.2. The number of rotatable bonds is 6. The van der Waals surface area contributed by atoms with Crippen molar-refractivity contribution < 1.29 is 0 Å². The van der Waals surface area contributed by atoms with Crippen LogP contribution in [0, 0.1) is 5.92 Å². The summed E-state index contributed by atoms with van der Waals surface area (Å²) in [5.41, 5.74) is 17.4. The van der Waals surface area contributed by atoms with Crippen LogP contribution in [0.1, 0.15) is 36.6 Å². The predicted octanol–water partition coefficient (Wildman–Crippen LogP) is 15.3. The van der Waals surface area contributed by atoms with Gasteiger partial charge >= 0.3 is 0 Å². The number of hydrogen-bond acceptors (Lipinski definition) is 2. The molecule has 0 radical (unpaired) electrons. The van der Waals surface area contributed by atoms with E-state index in [9.17, 15) is 0 Å². The van der Waals surface area contributed by atoms with Crippen LogP contribution in [0.25, 0.3) is 94.3 Å². The van der Waals surface area contributed by atoms with Crippen LogP contribution in [0.15, 0.2) is 218 Å². The van der Waals surface area contributed by atoms with E-state index in [1.165, 1.54) is 77.2 Å². The summed E-state index contributed by atoms with van der Waals surface area (Å²) >= 11 is 0. The standard InChI is InChI=1S/C61H44N4/c1-61(2)52-36-43(55-38-54(39-16-6-3-7-17-39)62-60(63-55)40-18-8-4-9-19-40)26-30-46(52)47-31-29-45(37-53(47)61)65-57-25-15-13-23-49(57)51-35-42(28-33-59(51)65)41-27-32-58-50(34-41)48-22-12-14-24-56(48)64(58)44-20-10-5-11-21-44/h3-38,46,52H,1-2H3. The molecule has 3 heterocycles. The van der Waals surface area contributed by atoms with Gasteiger partial charge in [-0.05, 0) is 106 Å². The lowest BCUT2D eigenvalue weighted by molar-refractivity contribution is 0.395. The molecule has 65 heavy (non-hydrogen) atoms. The minimum absolute atomic E-state index is 0.127. The fourth-order valence-corrected chi connectivity index (χ4v) is 11.0. The van der Waals surface area contributed by atoms with Gasteiger partial charge in [0.05, 0.1) is 33.5 Å². The van der Waals surface area contributed by atoms with E-state index in [0.717, 1.165) is 33.9 Å². The van der Waals surface area contributed by atoms with Crippen molar-refractivity contribution in [2.75, 3.05) is 0 Å². The van der Waals surface area contributed by atoms with E-state index >= 15 is 0 Å². The van der Waals surface area contributed by atoms with Crippen molar-refractivity contribution in [3.8, 4) is 45.1 Å². The second-order valence-corrected chi connectivity index (χ2v) is 18.2. The minimum atomic E-state index is -0.127. The summed E-state index contributed by atoms with van der Waals surface area (Å²) in [6.45, 7) is 4.84. The van der Waals surface area contributed by atoms with Crippen molar-refractivity contribution in [1.82, 2.24) is 19.1 Å². The van der Waals surface area contributed by atoms with Crippen LogP contribution in [-0.4, -0.2) is 19.1 Å². The highest BCUT2D eigenvalue weighted by atomic mass is 15.0. The fraction of sp³-hybridized carbons (Fsp3) is 0.0820. The van der Waals surface area contributed by atoms with Crippen molar-refractivity contribution >= 4 is 49.2 Å². The Labute approximate surface area is 378 Å². The van der Waals surface area contributed by atoms with E-state index in [-0.39, 0.29) is 17.3 Å². The number of allylic oxidation sites excluding steroid dienone is 4. The maximum atomic E-state index is 5.20. The van der Waals surface area contributed by atoms with Gasteiger partial charge in [0.2, 0.25) is 0 Å². The van der Waals surface area contributed by atoms with E-state index in [4.69, 9.17) is 9.97 Å². The predicted molar refractivity (Wildman–Crippen MR) is 270 cm³/mol. The number of para-hydroxylation sites is 3. The number of nitrogens with zero attached hydrogens (tertiary/aromatic N) is 4. The maximum absolute atomic E-state index is 5.20. The van der Waals surface area contributed by atoms with Gasteiger partial charge < -0.3 is 9.13 Å². The van der Waals surface area contributed by atoms with Crippen LogP contribution in [0.3, 0.4) is 0 Å². The Morgan fingerprint density at radius 1 is 0.431 bits per heavy atom. The number of fused-ring (bicyclic) bond motifs is 9. The number of aromatic nitrogens is 4. The van der Waals surface area contributed by atoms with Crippen LogP contribution in [0.4, 0.5) is 0 Å². The Hall–Kier alpha value is -8.08. The van der Waals surface area contributed by atoms with E-state index in [1.54, 1.807) is 0 Å². The first-order valence-corrected chi connectivity index (χ1v) is 22.7. The zero-order valence-corrected chi connectivity index (χ0v) is 36.2. The second kappa shape index (κ2) is 14.5. The molecule has 0 fully saturated rings. The van der Waals surface area contributed by atoms with Gasteiger partial charge in [-0.2, -0.15) is 0 Å². The molecule has 0 aliphatic heterocycles. The third kappa shape index (κ3) is 5.91. The maximum Gasteiger partial charge on any atom is 0.160 e. The Balaban J connectivity index is 0.888. The summed E-state index contributed by atoms with van der Waals surface area (Å²) in [4.78, 5) is 10.3. The highest BCUT2D eigenvalue weighted by Crippen LogP contribution is 2.55. The Kier molecular flexibility index (Phi) is 8.35. The summed E-state index contributed by atoms with van der Waals surface area (Å²) in [7, 11) is 0. The smallest absolute Gasteiger partial charge is 0.160 e. The van der Waals surface area contributed by atoms with Crippen LogP contribution >= 0.6 is 0 Å². The van der Waals surface area contributed by atoms with Crippen molar-refractivity contribution in [3.63, 3.8) is 0 Å². The zero-order chi connectivity index (χ0) is 43.2. The molecule has 2 atom stereocenters. The molecule has 0 N–H and O–H groups in total. The Morgan fingerprint density at radius 2 is 0.969 bits per heavy atom. The lowest BCUT2D eigenvalue weighted by Crippen LogP contribution is -2.25. The Morgan fingerprint density at radius 3 is 1.62 bits per heavy atom. The normalized spacial score (nSPS) is 16.3. The largest absolute Gasteiger partial charge is 0.309 e. The molecule has 0 saturated carbocycles. The molecule has 0 bridgehead atoms. The lowest BCUT2D eigenvalue weighted by atomic mass is 9.73. The van der Waals surface area contributed by atoms with Gasteiger partial charge in [-0.3, -0.25) is 0 Å². The average molecular weight is 833 g/mol. The molecule has 308 valence electrons. The molecular formula is C61H44N4. The highest BCUT2D eigenvalue weighted by Gasteiger charge is 2.45. The summed E-state index contributed by atoms with van der Waals surface area (Å²) in [6, 6.07) is 72.4. The lowest BCUT2D eigenvalue weighted by Gasteiger charge is -2.31. The SMILES string of the molecule is CC1(C)c2cc(-n3c4ccccc4c4cc(-c5ccc6c(c5)c5ccccc5n6-c5ccccc5)ccc43)ccc2C2C=CC(c3cc(-c4ccccc4)nc(-c4ccccc4)n3)=CC21. The molecule has 4 nitrogen and oxygen atoms in total. The molecular weight excluding hydrogens is 789 g/mol. The van der Waals surface area contributed by atoms with Gasteiger partial charge in [-0.25, -0.2) is 9.97 Å². The number of hydrogen-bond donors (Lipinski definition) is 0. The molecule has 0 amide bonds. The van der Waals surface area contributed by atoms with Crippen LogP contribution in [0.2, 0.25) is 0 Å². The Bertz CT molecular complexity index is 3680. The molecule has 2 aliphatic rings. The van der Waals surface area contributed by atoms with Crippen LogP contribution in [-0.2, 0) is 5.41 Å². The molecule has 2 unspecified atom stereocenters. The first-order valence-electron chi connectivity index (χ1n) is 22.7. The topological polar surface area (TPSA) is 35.6 Å². The second-order valence-electron chi connectivity index (χ2n) is 18.2. The summed E-state index contributed by atoms with van der Waals surface area (Å²) < 4.78 is 4.85. The minimum Gasteiger partial charge on any atom is -0.309 e. The monoisotopic (exact) mass is 832 g/mol. The van der Waals surface area contributed by atoms with Gasteiger partial charge in [-0.15, -0.1) is 0 Å². The third-order valence-electron chi connectivity index (χ3n) is 14.2. The summed E-state index contributed by atoms with van der Waals surface area (Å²) in [5, 5.41) is 5.03. The van der Waals surface area contributed by atoms with E-state index in [2.05, 4.69) is 229 Å². The van der Waals surface area contributed by atoms with E-state index in [1.807, 2.05) is 12.1 Å². The molecule has 2 aliphatic carbocycles. The molecule has 3 aromatic heterocycles. The van der Waals surface area contributed by atoms with Gasteiger partial charge in [0.15, 0.2) is 5.82 Å². The fourth-order valence-electron chi connectivity index (χ4n) is 11.0. The molecule has 0 spiro atoms.